The van der Waals surface area contributed by atoms with E-state index in [0.29, 0.717) is 11.3 Å². The minimum atomic E-state index is -0.604. The van der Waals surface area contributed by atoms with Gasteiger partial charge in [-0.05, 0) is 31.2 Å². The summed E-state index contributed by atoms with van der Waals surface area (Å²) in [5, 5.41) is 7.87. The van der Waals surface area contributed by atoms with Crippen molar-refractivity contribution in [3.8, 4) is 11.4 Å². The lowest BCUT2D eigenvalue weighted by atomic mass is 10.2. The van der Waals surface area contributed by atoms with Crippen LogP contribution in [0, 0.1) is 6.92 Å². The Labute approximate surface area is 137 Å². The standard InChI is InChI=1S/C16H15N3O5/c1-10-15(16(21)24-9-11-7-14(20)23-8-11)17-18-19(10)12-3-5-13(22-2)6-4-12/h3-7H,8-9H2,1-2H3. The number of cyclic esters (lactones) is 1. The molecule has 1 aliphatic heterocycles. The average Bonchev–Trinajstić information content (AvgIpc) is 3.18. The molecule has 0 saturated carbocycles. The maximum Gasteiger partial charge on any atom is 0.361 e. The highest BCUT2D eigenvalue weighted by molar-refractivity contribution is 5.89. The van der Waals surface area contributed by atoms with Crippen molar-refractivity contribution in [2.45, 2.75) is 6.92 Å². The summed E-state index contributed by atoms with van der Waals surface area (Å²) in [5.41, 5.74) is 2.03. The molecule has 124 valence electrons. The summed E-state index contributed by atoms with van der Waals surface area (Å²) in [6.07, 6.45) is 1.31. The monoisotopic (exact) mass is 329 g/mol. The van der Waals surface area contributed by atoms with Crippen LogP contribution in [0.4, 0.5) is 0 Å². The number of nitrogens with zero attached hydrogens (tertiary/aromatic N) is 3. The van der Waals surface area contributed by atoms with Gasteiger partial charge in [0, 0.05) is 11.6 Å². The van der Waals surface area contributed by atoms with Gasteiger partial charge in [0.1, 0.15) is 19.0 Å². The molecular formula is C16H15N3O5. The van der Waals surface area contributed by atoms with Crippen LogP contribution >= 0.6 is 0 Å². The lowest BCUT2D eigenvalue weighted by Gasteiger charge is -2.06. The molecule has 0 saturated heterocycles. The van der Waals surface area contributed by atoms with E-state index in [4.69, 9.17) is 14.2 Å². The number of carbonyl (C=O) groups is 2. The molecule has 0 unspecified atom stereocenters. The Balaban J connectivity index is 1.72. The van der Waals surface area contributed by atoms with Crippen molar-refractivity contribution in [3.05, 3.63) is 47.3 Å². The summed E-state index contributed by atoms with van der Waals surface area (Å²) in [7, 11) is 1.59. The van der Waals surface area contributed by atoms with E-state index in [2.05, 4.69) is 10.3 Å². The van der Waals surface area contributed by atoms with Crippen molar-refractivity contribution in [1.82, 2.24) is 15.0 Å². The number of rotatable bonds is 5. The molecule has 0 N–H and O–H groups in total. The lowest BCUT2D eigenvalue weighted by Crippen LogP contribution is -2.11. The van der Waals surface area contributed by atoms with E-state index in [1.165, 1.54) is 10.8 Å². The molecule has 0 bridgehead atoms. The van der Waals surface area contributed by atoms with Crippen LogP contribution in [0.2, 0.25) is 0 Å². The van der Waals surface area contributed by atoms with Gasteiger partial charge in [0.15, 0.2) is 5.69 Å². The third kappa shape index (κ3) is 3.12. The Hall–Kier alpha value is -3.16. The van der Waals surface area contributed by atoms with Gasteiger partial charge in [0.25, 0.3) is 0 Å². The molecule has 0 fully saturated rings. The number of hydrogen-bond acceptors (Lipinski definition) is 7. The third-order valence-electron chi connectivity index (χ3n) is 3.52. The predicted octanol–water partition coefficient (Wildman–Crippen LogP) is 1.22. The molecule has 0 aliphatic carbocycles. The molecule has 0 amide bonds. The smallest absolute Gasteiger partial charge is 0.361 e. The molecule has 3 rings (SSSR count). The van der Waals surface area contributed by atoms with Gasteiger partial charge >= 0.3 is 11.9 Å². The molecule has 8 nitrogen and oxygen atoms in total. The number of aromatic nitrogens is 3. The molecule has 1 aromatic carbocycles. The summed E-state index contributed by atoms with van der Waals surface area (Å²) in [6.45, 7) is 1.85. The van der Waals surface area contributed by atoms with Gasteiger partial charge in [-0.15, -0.1) is 5.10 Å². The molecule has 24 heavy (non-hydrogen) atoms. The van der Waals surface area contributed by atoms with Crippen molar-refractivity contribution in [1.29, 1.82) is 0 Å². The fourth-order valence-corrected chi connectivity index (χ4v) is 2.21. The highest BCUT2D eigenvalue weighted by Crippen LogP contribution is 2.17. The molecular weight excluding hydrogens is 314 g/mol. The number of benzene rings is 1. The van der Waals surface area contributed by atoms with Crippen molar-refractivity contribution in [2.75, 3.05) is 20.3 Å². The second-order valence-corrected chi connectivity index (χ2v) is 5.12. The van der Waals surface area contributed by atoms with Crippen LogP contribution in [0.15, 0.2) is 35.9 Å². The first-order valence-corrected chi connectivity index (χ1v) is 7.18. The summed E-state index contributed by atoms with van der Waals surface area (Å²) in [6, 6.07) is 7.19. The molecule has 2 heterocycles. The lowest BCUT2D eigenvalue weighted by molar-refractivity contribution is -0.134. The van der Waals surface area contributed by atoms with Crippen molar-refractivity contribution >= 4 is 11.9 Å². The van der Waals surface area contributed by atoms with Gasteiger partial charge < -0.3 is 14.2 Å². The van der Waals surface area contributed by atoms with Gasteiger partial charge in [-0.3, -0.25) is 0 Å². The van der Waals surface area contributed by atoms with E-state index in [9.17, 15) is 9.59 Å². The molecule has 0 spiro atoms. The molecule has 0 radical (unpaired) electrons. The third-order valence-corrected chi connectivity index (χ3v) is 3.52. The summed E-state index contributed by atoms with van der Waals surface area (Å²) >= 11 is 0. The largest absolute Gasteiger partial charge is 0.497 e. The number of carbonyl (C=O) groups excluding carboxylic acids is 2. The van der Waals surface area contributed by atoms with Gasteiger partial charge in [-0.1, -0.05) is 5.21 Å². The molecule has 8 heteroatoms. The van der Waals surface area contributed by atoms with Gasteiger partial charge in [0.2, 0.25) is 0 Å². The van der Waals surface area contributed by atoms with Crippen molar-refractivity contribution in [3.63, 3.8) is 0 Å². The Bertz CT molecular complexity index is 808. The van der Waals surface area contributed by atoms with Gasteiger partial charge in [0.05, 0.1) is 18.5 Å². The van der Waals surface area contributed by atoms with Crippen LogP contribution in [-0.2, 0) is 14.3 Å². The second kappa shape index (κ2) is 6.53. The van der Waals surface area contributed by atoms with Gasteiger partial charge in [-0.2, -0.15) is 0 Å². The van der Waals surface area contributed by atoms with Crippen molar-refractivity contribution < 1.29 is 23.8 Å². The van der Waals surface area contributed by atoms with Crippen LogP contribution in [0.3, 0.4) is 0 Å². The first kappa shape index (κ1) is 15.7. The highest BCUT2D eigenvalue weighted by atomic mass is 16.5. The Morgan fingerprint density at radius 2 is 2.08 bits per heavy atom. The highest BCUT2D eigenvalue weighted by Gasteiger charge is 2.20. The first-order chi connectivity index (χ1) is 11.6. The SMILES string of the molecule is COc1ccc(-n2nnc(C(=O)OCC3=CC(=O)OC3)c2C)cc1. The predicted molar refractivity (Wildman–Crippen MR) is 82.0 cm³/mol. The van der Waals surface area contributed by atoms with Crippen LogP contribution in [-0.4, -0.2) is 47.3 Å². The zero-order valence-corrected chi connectivity index (χ0v) is 13.2. The summed E-state index contributed by atoms with van der Waals surface area (Å²) in [5.74, 6) is -0.312. The van der Waals surface area contributed by atoms with E-state index < -0.39 is 11.9 Å². The Morgan fingerprint density at radius 3 is 2.71 bits per heavy atom. The van der Waals surface area contributed by atoms with Crippen LogP contribution < -0.4 is 4.74 Å². The normalized spacial score (nSPS) is 13.4. The van der Waals surface area contributed by atoms with E-state index in [1.54, 1.807) is 26.2 Å². The topological polar surface area (TPSA) is 92.5 Å². The minimum absolute atomic E-state index is 0.0145. The maximum absolute atomic E-state index is 12.1. The molecule has 1 aliphatic rings. The van der Waals surface area contributed by atoms with Crippen LogP contribution in [0.1, 0.15) is 16.2 Å². The number of methoxy groups -OCH3 is 1. The molecule has 0 atom stereocenters. The summed E-state index contributed by atoms with van der Waals surface area (Å²) < 4.78 is 16.5. The van der Waals surface area contributed by atoms with Crippen LogP contribution in [0.25, 0.3) is 5.69 Å². The maximum atomic E-state index is 12.1. The van der Waals surface area contributed by atoms with E-state index >= 15 is 0 Å². The second-order valence-electron chi connectivity index (χ2n) is 5.12. The van der Waals surface area contributed by atoms with Crippen molar-refractivity contribution in [2.24, 2.45) is 0 Å². The fourth-order valence-electron chi connectivity index (χ4n) is 2.21. The molecule has 1 aromatic heterocycles. The van der Waals surface area contributed by atoms with E-state index in [1.807, 2.05) is 12.1 Å². The summed E-state index contributed by atoms with van der Waals surface area (Å²) in [4.78, 5) is 23.1. The fraction of sp³-hybridized carbons (Fsp3) is 0.250. The Kier molecular flexibility index (Phi) is 4.28. The zero-order valence-electron chi connectivity index (χ0n) is 13.2. The van der Waals surface area contributed by atoms with Gasteiger partial charge in [-0.25, -0.2) is 14.3 Å². The van der Waals surface area contributed by atoms with Crippen LogP contribution in [0.5, 0.6) is 5.75 Å². The quantitative estimate of drug-likeness (QED) is 0.762. The average molecular weight is 329 g/mol. The number of esters is 2. The first-order valence-electron chi connectivity index (χ1n) is 7.18. The number of ether oxygens (including phenoxy) is 3. The Morgan fingerprint density at radius 1 is 1.33 bits per heavy atom. The number of hydrogen-bond donors (Lipinski definition) is 0. The van der Waals surface area contributed by atoms with E-state index in [0.717, 1.165) is 11.4 Å². The molecule has 2 aromatic rings. The van der Waals surface area contributed by atoms with E-state index in [-0.39, 0.29) is 18.9 Å². The zero-order chi connectivity index (χ0) is 17.1. The minimum Gasteiger partial charge on any atom is -0.497 e.